The molecule has 5 nitrogen and oxygen atoms in total. The summed E-state index contributed by atoms with van der Waals surface area (Å²) in [6.45, 7) is 0. The van der Waals surface area contributed by atoms with Crippen LogP contribution in [0.4, 0.5) is 0 Å². The lowest BCUT2D eigenvalue weighted by Gasteiger charge is -2.24. The van der Waals surface area contributed by atoms with Gasteiger partial charge in [-0.1, -0.05) is 6.42 Å². The fourth-order valence-corrected chi connectivity index (χ4v) is 1.58. The summed E-state index contributed by atoms with van der Waals surface area (Å²) in [5, 5.41) is 8.73. The SMILES string of the molecule is NC(C(=O)O)c1nccc(C2CCC2)n1. The van der Waals surface area contributed by atoms with E-state index in [-0.39, 0.29) is 5.82 Å². The molecule has 1 saturated carbocycles. The summed E-state index contributed by atoms with van der Waals surface area (Å²) in [6, 6.07) is 0.715. The van der Waals surface area contributed by atoms with Gasteiger partial charge in [0, 0.05) is 17.8 Å². The molecular formula is C10H13N3O2. The molecule has 5 heteroatoms. The second-order valence-electron chi connectivity index (χ2n) is 3.78. The fraction of sp³-hybridized carbons (Fsp3) is 0.500. The van der Waals surface area contributed by atoms with E-state index < -0.39 is 12.0 Å². The van der Waals surface area contributed by atoms with Gasteiger partial charge in [-0.05, 0) is 18.9 Å². The van der Waals surface area contributed by atoms with Crippen molar-refractivity contribution in [3.63, 3.8) is 0 Å². The van der Waals surface area contributed by atoms with E-state index in [1.807, 2.05) is 6.07 Å². The van der Waals surface area contributed by atoms with Gasteiger partial charge in [-0.3, -0.25) is 4.79 Å². The van der Waals surface area contributed by atoms with Crippen LogP contribution >= 0.6 is 0 Å². The molecular weight excluding hydrogens is 194 g/mol. The van der Waals surface area contributed by atoms with Gasteiger partial charge >= 0.3 is 5.97 Å². The number of hydrogen-bond donors (Lipinski definition) is 2. The van der Waals surface area contributed by atoms with Crippen molar-refractivity contribution in [3.8, 4) is 0 Å². The van der Waals surface area contributed by atoms with Crippen LogP contribution in [0.5, 0.6) is 0 Å². The fourth-order valence-electron chi connectivity index (χ4n) is 1.58. The molecule has 0 saturated heterocycles. The summed E-state index contributed by atoms with van der Waals surface area (Å²) in [7, 11) is 0. The topological polar surface area (TPSA) is 89.1 Å². The largest absolute Gasteiger partial charge is 0.480 e. The van der Waals surface area contributed by atoms with E-state index in [4.69, 9.17) is 10.8 Å². The minimum atomic E-state index is -1.12. The maximum atomic E-state index is 10.7. The Morgan fingerprint density at radius 3 is 2.87 bits per heavy atom. The lowest BCUT2D eigenvalue weighted by atomic mass is 9.83. The number of hydrogen-bond acceptors (Lipinski definition) is 4. The molecule has 1 heterocycles. The average molecular weight is 207 g/mol. The predicted molar refractivity (Wildman–Crippen MR) is 53.2 cm³/mol. The van der Waals surface area contributed by atoms with Crippen molar-refractivity contribution in [3.05, 3.63) is 23.8 Å². The first-order chi connectivity index (χ1) is 7.18. The third kappa shape index (κ3) is 1.97. The van der Waals surface area contributed by atoms with Gasteiger partial charge < -0.3 is 10.8 Å². The van der Waals surface area contributed by atoms with Crippen molar-refractivity contribution in [1.82, 2.24) is 9.97 Å². The summed E-state index contributed by atoms with van der Waals surface area (Å²) in [5.41, 5.74) is 6.36. The van der Waals surface area contributed by atoms with Gasteiger partial charge in [0.15, 0.2) is 11.9 Å². The Morgan fingerprint density at radius 2 is 2.33 bits per heavy atom. The quantitative estimate of drug-likeness (QED) is 0.766. The normalized spacial score (nSPS) is 18.2. The van der Waals surface area contributed by atoms with Gasteiger partial charge in [-0.25, -0.2) is 9.97 Å². The molecule has 1 fully saturated rings. The van der Waals surface area contributed by atoms with Gasteiger partial charge in [0.2, 0.25) is 0 Å². The number of rotatable bonds is 3. The van der Waals surface area contributed by atoms with Crippen LogP contribution < -0.4 is 5.73 Å². The second-order valence-corrected chi connectivity index (χ2v) is 3.78. The van der Waals surface area contributed by atoms with Gasteiger partial charge in [0.05, 0.1) is 0 Å². The summed E-state index contributed by atoms with van der Waals surface area (Å²) >= 11 is 0. The first-order valence-corrected chi connectivity index (χ1v) is 4.99. The number of nitrogens with zero attached hydrogens (tertiary/aromatic N) is 2. The Bertz CT molecular complexity index is 377. The van der Waals surface area contributed by atoms with Crippen molar-refractivity contribution in [1.29, 1.82) is 0 Å². The monoisotopic (exact) mass is 207 g/mol. The van der Waals surface area contributed by atoms with Gasteiger partial charge in [-0.2, -0.15) is 0 Å². The minimum Gasteiger partial charge on any atom is -0.480 e. The highest BCUT2D eigenvalue weighted by atomic mass is 16.4. The number of carboxylic acid groups (broad SMARTS) is 1. The highest BCUT2D eigenvalue weighted by Gasteiger charge is 2.23. The van der Waals surface area contributed by atoms with E-state index in [0.29, 0.717) is 5.92 Å². The molecule has 0 amide bonds. The van der Waals surface area contributed by atoms with Gasteiger partial charge in [0.25, 0.3) is 0 Å². The number of aromatic nitrogens is 2. The van der Waals surface area contributed by atoms with Crippen LogP contribution in [-0.4, -0.2) is 21.0 Å². The Morgan fingerprint density at radius 1 is 1.60 bits per heavy atom. The standard InChI is InChI=1S/C10H13N3O2/c11-8(10(14)15)9-12-5-4-7(13-9)6-2-1-3-6/h4-6,8H,1-3,11H2,(H,14,15). The number of nitrogens with two attached hydrogens (primary N) is 1. The molecule has 0 spiro atoms. The van der Waals surface area contributed by atoms with Crippen LogP contribution in [0.1, 0.15) is 42.7 Å². The smallest absolute Gasteiger partial charge is 0.328 e. The predicted octanol–water partition coefficient (Wildman–Crippen LogP) is 0.828. The molecule has 0 bridgehead atoms. The van der Waals surface area contributed by atoms with Crippen molar-refractivity contribution in [2.45, 2.75) is 31.2 Å². The van der Waals surface area contributed by atoms with Crippen LogP contribution in [0.3, 0.4) is 0 Å². The van der Waals surface area contributed by atoms with Crippen molar-refractivity contribution in [2.75, 3.05) is 0 Å². The molecule has 80 valence electrons. The zero-order chi connectivity index (χ0) is 10.8. The molecule has 15 heavy (non-hydrogen) atoms. The molecule has 1 atom stereocenters. The maximum absolute atomic E-state index is 10.7. The Balaban J connectivity index is 2.21. The second kappa shape index (κ2) is 3.94. The van der Waals surface area contributed by atoms with E-state index in [0.717, 1.165) is 18.5 Å². The molecule has 1 aromatic rings. The zero-order valence-corrected chi connectivity index (χ0v) is 8.26. The number of carboxylic acids is 1. The maximum Gasteiger partial charge on any atom is 0.328 e. The van der Waals surface area contributed by atoms with Crippen molar-refractivity contribution < 1.29 is 9.90 Å². The summed E-state index contributed by atoms with van der Waals surface area (Å²) in [4.78, 5) is 18.7. The van der Waals surface area contributed by atoms with Gasteiger partial charge in [-0.15, -0.1) is 0 Å². The molecule has 1 aliphatic rings. The van der Waals surface area contributed by atoms with Crippen molar-refractivity contribution >= 4 is 5.97 Å². The summed E-state index contributed by atoms with van der Waals surface area (Å²) in [5.74, 6) is -0.430. The highest BCUT2D eigenvalue weighted by molar-refractivity contribution is 5.73. The molecule has 0 aliphatic heterocycles. The van der Waals surface area contributed by atoms with E-state index in [1.165, 1.54) is 6.42 Å². The Labute approximate surface area is 87.4 Å². The van der Waals surface area contributed by atoms with E-state index in [1.54, 1.807) is 6.20 Å². The molecule has 2 rings (SSSR count). The Hall–Kier alpha value is -1.49. The third-order valence-electron chi connectivity index (χ3n) is 2.76. The van der Waals surface area contributed by atoms with Crippen LogP contribution in [0, 0.1) is 0 Å². The lowest BCUT2D eigenvalue weighted by molar-refractivity contribution is -0.138. The van der Waals surface area contributed by atoms with Crippen LogP contribution in [0.15, 0.2) is 12.3 Å². The number of carbonyl (C=O) groups is 1. The van der Waals surface area contributed by atoms with Crippen molar-refractivity contribution in [2.24, 2.45) is 5.73 Å². The number of aliphatic carboxylic acids is 1. The zero-order valence-electron chi connectivity index (χ0n) is 8.26. The lowest BCUT2D eigenvalue weighted by Crippen LogP contribution is -2.24. The molecule has 3 N–H and O–H groups in total. The van der Waals surface area contributed by atoms with Crippen LogP contribution in [0.25, 0.3) is 0 Å². The molecule has 1 aromatic heterocycles. The summed E-state index contributed by atoms with van der Waals surface area (Å²) in [6.07, 6.45) is 5.05. The molecule has 1 aliphatic carbocycles. The molecule has 1 unspecified atom stereocenters. The van der Waals surface area contributed by atoms with E-state index in [2.05, 4.69) is 9.97 Å². The average Bonchev–Trinajstić information content (AvgIpc) is 2.14. The molecule has 0 aromatic carbocycles. The van der Waals surface area contributed by atoms with Crippen LogP contribution in [0.2, 0.25) is 0 Å². The minimum absolute atomic E-state index is 0.201. The first-order valence-electron chi connectivity index (χ1n) is 4.99. The highest BCUT2D eigenvalue weighted by Crippen LogP contribution is 2.35. The Kier molecular flexibility index (Phi) is 2.64. The third-order valence-corrected chi connectivity index (χ3v) is 2.76. The van der Waals surface area contributed by atoms with Crippen LogP contribution in [-0.2, 0) is 4.79 Å². The summed E-state index contributed by atoms with van der Waals surface area (Å²) < 4.78 is 0. The van der Waals surface area contributed by atoms with Gasteiger partial charge in [0.1, 0.15) is 0 Å². The van der Waals surface area contributed by atoms with E-state index >= 15 is 0 Å². The van der Waals surface area contributed by atoms with E-state index in [9.17, 15) is 4.79 Å². The first kappa shape index (κ1) is 10.0. The molecule has 0 radical (unpaired) electrons.